The molecule has 1 aromatic heterocycles. The maximum absolute atomic E-state index is 13.4. The molecule has 1 saturated heterocycles. The number of aliphatic carboxylic acids is 1. The maximum Gasteiger partial charge on any atom is 0.303 e. The van der Waals surface area contributed by atoms with Gasteiger partial charge in [0.25, 0.3) is 0 Å². The van der Waals surface area contributed by atoms with Crippen LogP contribution in [0.4, 0.5) is 4.39 Å². The second kappa shape index (κ2) is 12.3. The number of halogens is 1. The lowest BCUT2D eigenvalue weighted by Gasteiger charge is -2.38. The van der Waals surface area contributed by atoms with Crippen LogP contribution < -0.4 is 4.74 Å². The van der Waals surface area contributed by atoms with Gasteiger partial charge in [0, 0.05) is 53.7 Å². The smallest absolute Gasteiger partial charge is 0.303 e. The van der Waals surface area contributed by atoms with Crippen LogP contribution in [0.25, 0.3) is 10.9 Å². The molecule has 2 atom stereocenters. The van der Waals surface area contributed by atoms with Crippen molar-refractivity contribution in [2.75, 3.05) is 32.5 Å². The van der Waals surface area contributed by atoms with Crippen LogP contribution in [-0.4, -0.2) is 59.2 Å². The SMILES string of the molecule is COc1ccc2nccc(C(=O)CC[C@@H]3CCN(CCSc4cccc(F)c4)C[C@@H]3CC(=O)O)c2c1. The third kappa shape index (κ3) is 6.83. The van der Waals surface area contributed by atoms with Gasteiger partial charge in [-0.05, 0) is 73.7 Å². The highest BCUT2D eigenvalue weighted by Crippen LogP contribution is 2.32. The van der Waals surface area contributed by atoms with Crippen molar-refractivity contribution in [3.8, 4) is 5.75 Å². The van der Waals surface area contributed by atoms with E-state index in [1.165, 1.54) is 12.1 Å². The van der Waals surface area contributed by atoms with E-state index in [1.807, 2.05) is 24.3 Å². The third-order valence-corrected chi connectivity index (χ3v) is 7.85. The summed E-state index contributed by atoms with van der Waals surface area (Å²) < 4.78 is 18.7. The fourth-order valence-electron chi connectivity index (χ4n) is 4.99. The van der Waals surface area contributed by atoms with Crippen LogP contribution in [0.2, 0.25) is 0 Å². The average molecular weight is 511 g/mol. The first-order valence-corrected chi connectivity index (χ1v) is 13.2. The number of benzene rings is 2. The Morgan fingerprint density at radius 1 is 1.19 bits per heavy atom. The predicted octanol–water partition coefficient (Wildman–Crippen LogP) is 5.55. The second-order valence-corrected chi connectivity index (χ2v) is 10.4. The molecular weight excluding hydrogens is 479 g/mol. The molecule has 1 aliphatic heterocycles. The monoisotopic (exact) mass is 510 g/mol. The number of carbonyl (C=O) groups is 2. The number of methoxy groups -OCH3 is 1. The van der Waals surface area contributed by atoms with E-state index in [0.29, 0.717) is 30.7 Å². The molecular formula is C28H31FN2O4S. The lowest BCUT2D eigenvalue weighted by atomic mass is 9.79. The normalized spacial score (nSPS) is 18.3. The summed E-state index contributed by atoms with van der Waals surface area (Å²) in [4.78, 5) is 32.3. The number of carboxylic acid groups (broad SMARTS) is 1. The zero-order valence-electron chi connectivity index (χ0n) is 20.4. The van der Waals surface area contributed by atoms with Crippen LogP contribution >= 0.6 is 11.8 Å². The second-order valence-electron chi connectivity index (χ2n) is 9.22. The zero-order chi connectivity index (χ0) is 25.5. The molecule has 2 heterocycles. The molecule has 0 aliphatic carbocycles. The van der Waals surface area contributed by atoms with Crippen molar-refractivity contribution < 1.29 is 23.8 Å². The number of piperidine rings is 1. The quantitative estimate of drug-likeness (QED) is 0.268. The van der Waals surface area contributed by atoms with Crippen LogP contribution in [0.3, 0.4) is 0 Å². The lowest BCUT2D eigenvalue weighted by molar-refractivity contribution is -0.139. The number of carboxylic acids is 1. The van der Waals surface area contributed by atoms with Crippen molar-refractivity contribution in [3.63, 3.8) is 0 Å². The first kappa shape index (κ1) is 26.1. The highest BCUT2D eigenvalue weighted by atomic mass is 32.2. The molecule has 0 amide bonds. The summed E-state index contributed by atoms with van der Waals surface area (Å²) in [5.41, 5.74) is 1.37. The Labute approximate surface area is 214 Å². The summed E-state index contributed by atoms with van der Waals surface area (Å²) in [7, 11) is 1.59. The summed E-state index contributed by atoms with van der Waals surface area (Å²) >= 11 is 1.60. The molecule has 3 aromatic rings. The van der Waals surface area contributed by atoms with E-state index < -0.39 is 5.97 Å². The first-order valence-electron chi connectivity index (χ1n) is 12.2. The zero-order valence-corrected chi connectivity index (χ0v) is 21.2. The third-order valence-electron chi connectivity index (χ3n) is 6.88. The molecule has 0 radical (unpaired) electrons. The molecule has 8 heteroatoms. The number of hydrogen-bond donors (Lipinski definition) is 1. The van der Waals surface area contributed by atoms with Crippen LogP contribution in [-0.2, 0) is 4.79 Å². The number of ketones is 1. The predicted molar refractivity (Wildman–Crippen MR) is 139 cm³/mol. The molecule has 2 aromatic carbocycles. The number of Topliss-reactive ketones (excluding diaryl/α,β-unsaturated/α-hetero) is 1. The molecule has 36 heavy (non-hydrogen) atoms. The van der Waals surface area contributed by atoms with Gasteiger partial charge < -0.3 is 14.7 Å². The fourth-order valence-corrected chi connectivity index (χ4v) is 5.95. The Kier molecular flexibility index (Phi) is 8.93. The van der Waals surface area contributed by atoms with E-state index in [-0.39, 0.29) is 29.9 Å². The largest absolute Gasteiger partial charge is 0.497 e. The number of carbonyl (C=O) groups excluding carboxylic acids is 1. The number of ether oxygens (including phenoxy) is 1. The Bertz CT molecular complexity index is 1220. The van der Waals surface area contributed by atoms with Crippen LogP contribution in [0.1, 0.15) is 36.0 Å². The first-order chi connectivity index (χ1) is 17.4. The van der Waals surface area contributed by atoms with Gasteiger partial charge in [0.1, 0.15) is 11.6 Å². The molecule has 0 spiro atoms. The number of thioether (sulfide) groups is 1. The summed E-state index contributed by atoms with van der Waals surface area (Å²) in [5, 5.41) is 10.3. The Morgan fingerprint density at radius 2 is 2.06 bits per heavy atom. The number of pyridine rings is 1. The molecule has 0 saturated carbocycles. The van der Waals surface area contributed by atoms with Crippen molar-refractivity contribution in [1.29, 1.82) is 0 Å². The number of likely N-dealkylation sites (tertiary alicyclic amines) is 1. The van der Waals surface area contributed by atoms with Crippen molar-refractivity contribution >= 4 is 34.4 Å². The highest BCUT2D eigenvalue weighted by molar-refractivity contribution is 7.99. The van der Waals surface area contributed by atoms with Crippen LogP contribution in [0, 0.1) is 17.7 Å². The van der Waals surface area contributed by atoms with Gasteiger partial charge in [0.2, 0.25) is 0 Å². The molecule has 1 fully saturated rings. The Balaban J connectivity index is 1.35. The van der Waals surface area contributed by atoms with E-state index in [2.05, 4.69) is 9.88 Å². The van der Waals surface area contributed by atoms with E-state index in [1.54, 1.807) is 37.2 Å². The van der Waals surface area contributed by atoms with E-state index >= 15 is 0 Å². The molecule has 1 aliphatic rings. The fraction of sp³-hybridized carbons (Fsp3) is 0.393. The van der Waals surface area contributed by atoms with Gasteiger partial charge in [-0.15, -0.1) is 11.8 Å². The highest BCUT2D eigenvalue weighted by Gasteiger charge is 2.31. The number of rotatable bonds is 11. The summed E-state index contributed by atoms with van der Waals surface area (Å²) in [6.07, 6.45) is 3.64. The molecule has 0 unspecified atom stereocenters. The maximum atomic E-state index is 13.4. The van der Waals surface area contributed by atoms with Gasteiger partial charge in [-0.2, -0.15) is 0 Å². The molecule has 190 valence electrons. The van der Waals surface area contributed by atoms with Crippen LogP contribution in [0.15, 0.2) is 59.6 Å². The minimum absolute atomic E-state index is 0.00232. The van der Waals surface area contributed by atoms with Gasteiger partial charge in [0.05, 0.1) is 12.6 Å². The van der Waals surface area contributed by atoms with Gasteiger partial charge in [-0.25, -0.2) is 4.39 Å². The van der Waals surface area contributed by atoms with Gasteiger partial charge in [-0.1, -0.05) is 6.07 Å². The molecule has 4 rings (SSSR count). The number of fused-ring (bicyclic) bond motifs is 1. The standard InChI is InChI=1S/C28H31FN2O4S/c1-35-22-6-7-26-25(17-22)24(9-11-30-26)27(32)8-5-19-10-12-31(18-20(19)15-28(33)34)13-14-36-23-4-2-3-21(29)16-23/h2-4,6-7,9,11,16-17,19-20H,5,8,10,12-15,18H2,1H3,(H,33,34)/t19-,20+/m1/s1. The number of hydrogen-bond acceptors (Lipinski definition) is 6. The van der Waals surface area contributed by atoms with Gasteiger partial charge in [0.15, 0.2) is 5.78 Å². The van der Waals surface area contributed by atoms with E-state index in [9.17, 15) is 19.1 Å². The van der Waals surface area contributed by atoms with Crippen molar-refractivity contribution in [2.24, 2.45) is 11.8 Å². The summed E-state index contributed by atoms with van der Waals surface area (Å²) in [5.74, 6) is 0.658. The van der Waals surface area contributed by atoms with Crippen LogP contribution in [0.5, 0.6) is 5.75 Å². The minimum atomic E-state index is -0.806. The lowest BCUT2D eigenvalue weighted by Crippen LogP contribution is -2.42. The summed E-state index contributed by atoms with van der Waals surface area (Å²) in [6.45, 7) is 2.38. The average Bonchev–Trinajstić information content (AvgIpc) is 2.87. The van der Waals surface area contributed by atoms with Crippen molar-refractivity contribution in [1.82, 2.24) is 9.88 Å². The topological polar surface area (TPSA) is 79.7 Å². The van der Waals surface area contributed by atoms with Gasteiger partial charge >= 0.3 is 5.97 Å². The van der Waals surface area contributed by atoms with Gasteiger partial charge in [-0.3, -0.25) is 14.6 Å². The summed E-state index contributed by atoms with van der Waals surface area (Å²) in [6, 6.07) is 13.8. The van der Waals surface area contributed by atoms with Crippen molar-refractivity contribution in [2.45, 2.75) is 30.6 Å². The Morgan fingerprint density at radius 3 is 2.83 bits per heavy atom. The van der Waals surface area contributed by atoms with Crippen molar-refractivity contribution in [3.05, 3.63) is 66.1 Å². The number of nitrogens with zero attached hydrogens (tertiary/aromatic N) is 2. The Hall–Kier alpha value is -2.97. The minimum Gasteiger partial charge on any atom is -0.497 e. The molecule has 1 N–H and O–H groups in total. The van der Waals surface area contributed by atoms with E-state index in [0.717, 1.165) is 41.1 Å². The molecule has 6 nitrogen and oxygen atoms in total. The molecule has 0 bridgehead atoms. The van der Waals surface area contributed by atoms with E-state index in [4.69, 9.17) is 4.74 Å². The number of aromatic nitrogens is 1.